The van der Waals surface area contributed by atoms with Crippen LogP contribution in [-0.4, -0.2) is 48.6 Å². The van der Waals surface area contributed by atoms with Crippen molar-refractivity contribution in [3.05, 3.63) is 60.7 Å². The molecule has 0 fully saturated rings. The van der Waals surface area contributed by atoms with Crippen LogP contribution in [0.3, 0.4) is 0 Å². The van der Waals surface area contributed by atoms with Crippen LogP contribution in [0.4, 0.5) is 0 Å². The van der Waals surface area contributed by atoms with Crippen molar-refractivity contribution in [3.63, 3.8) is 0 Å². The zero-order valence-electron chi connectivity index (χ0n) is 10.2. The second kappa shape index (κ2) is 8.69. The van der Waals surface area contributed by atoms with Gasteiger partial charge >= 0.3 is 66.0 Å². The molecule has 88 valence electrons. The van der Waals surface area contributed by atoms with Gasteiger partial charge in [0.25, 0.3) is 0 Å². The first-order chi connectivity index (χ1) is 8.72. The summed E-state index contributed by atoms with van der Waals surface area (Å²) < 4.78 is 3.23. The number of hydrogen-bond acceptors (Lipinski definition) is 2. The van der Waals surface area contributed by atoms with Crippen molar-refractivity contribution in [2.75, 3.05) is 0 Å². The number of benzene rings is 1. The Balaban J connectivity index is 0.000000199. The first-order valence-electron chi connectivity index (χ1n) is 5.64. The Labute approximate surface area is 123 Å². The summed E-state index contributed by atoms with van der Waals surface area (Å²) in [6.45, 7) is 0. The molecule has 0 atom stereocenters. The average molecular weight is 252 g/mol. The topological polar surface area (TPSA) is 55.1 Å². The van der Waals surface area contributed by atoms with E-state index < -0.39 is 5.97 Å². The van der Waals surface area contributed by atoms with Crippen molar-refractivity contribution in [3.8, 4) is 0 Å². The minimum absolute atomic E-state index is 0.898. The van der Waals surface area contributed by atoms with Gasteiger partial charge in [0.15, 0.2) is 0 Å². The van der Waals surface area contributed by atoms with Crippen LogP contribution in [0.2, 0.25) is 0 Å². The monoisotopic (exact) mass is 252 g/mol. The van der Waals surface area contributed by atoms with Crippen molar-refractivity contribution < 1.29 is 9.90 Å². The van der Waals surface area contributed by atoms with Gasteiger partial charge in [0.05, 0.1) is 0 Å². The molecular formula is C13H13N2NaO2. The van der Waals surface area contributed by atoms with E-state index in [9.17, 15) is 4.79 Å². The molecule has 0 aliphatic rings. The molecule has 18 heavy (non-hydrogen) atoms. The maximum atomic E-state index is 10.1. The summed E-state index contributed by atoms with van der Waals surface area (Å²) in [5.74, 6) is -0.922. The van der Waals surface area contributed by atoms with Crippen LogP contribution in [0.15, 0.2) is 55.1 Å². The van der Waals surface area contributed by atoms with Gasteiger partial charge in [0.2, 0.25) is 0 Å². The summed E-state index contributed by atoms with van der Waals surface area (Å²) in [6, 6.07) is 9.31. The summed E-state index contributed by atoms with van der Waals surface area (Å²) in [5.41, 5.74) is 0.898. The SMILES string of the molecule is O=C(O)/C=C/c1ccccc1.[Na][CH2]n1ccnc1. The van der Waals surface area contributed by atoms with E-state index in [1.165, 1.54) is 27.9 Å². The fraction of sp³-hybridized carbons (Fsp3) is 0.0769. The quantitative estimate of drug-likeness (QED) is 0.669. The predicted octanol–water partition coefficient (Wildman–Crippen LogP) is 1.79. The molecule has 0 radical (unpaired) electrons. The zero-order valence-corrected chi connectivity index (χ0v) is 12.2. The van der Waals surface area contributed by atoms with E-state index in [1.54, 1.807) is 12.3 Å². The first-order valence-corrected chi connectivity index (χ1v) is 7.05. The molecule has 0 aliphatic heterocycles. The van der Waals surface area contributed by atoms with Crippen molar-refractivity contribution in [2.24, 2.45) is 0 Å². The van der Waals surface area contributed by atoms with E-state index in [2.05, 4.69) is 9.55 Å². The van der Waals surface area contributed by atoms with E-state index in [-0.39, 0.29) is 0 Å². The van der Waals surface area contributed by atoms with E-state index in [4.69, 9.17) is 5.11 Å². The van der Waals surface area contributed by atoms with Crippen molar-refractivity contribution in [2.45, 2.75) is 3.79 Å². The Kier molecular flexibility index (Phi) is 7.10. The van der Waals surface area contributed by atoms with E-state index in [0.717, 1.165) is 15.4 Å². The molecule has 4 nitrogen and oxygen atoms in total. The molecule has 0 saturated carbocycles. The van der Waals surface area contributed by atoms with Crippen LogP contribution in [0.5, 0.6) is 0 Å². The molecule has 0 aliphatic carbocycles. The van der Waals surface area contributed by atoms with Crippen LogP contribution in [0.25, 0.3) is 6.08 Å². The molecular weight excluding hydrogens is 239 g/mol. The van der Waals surface area contributed by atoms with E-state index >= 15 is 0 Å². The number of hydrogen-bond donors (Lipinski definition) is 1. The Morgan fingerprint density at radius 2 is 2.11 bits per heavy atom. The third kappa shape index (κ3) is 6.39. The van der Waals surface area contributed by atoms with Crippen molar-refractivity contribution in [1.82, 2.24) is 9.55 Å². The van der Waals surface area contributed by atoms with Gasteiger partial charge < -0.3 is 5.11 Å². The number of imidazole rings is 1. The van der Waals surface area contributed by atoms with Crippen molar-refractivity contribution >= 4 is 40.0 Å². The van der Waals surface area contributed by atoms with Gasteiger partial charge in [0, 0.05) is 6.08 Å². The molecule has 0 unspecified atom stereocenters. The molecule has 0 spiro atoms. The Morgan fingerprint density at radius 1 is 1.39 bits per heavy atom. The Morgan fingerprint density at radius 3 is 2.56 bits per heavy atom. The standard InChI is InChI=1S/C9H8O2.C4H5N2.Na/c10-9(11)7-6-8-4-2-1-3-5-8;1-6-3-2-5-4-6;/h1-7H,(H,10,11);2-4H,1H2;/b7-6+;;. The predicted molar refractivity (Wildman–Crippen MR) is 71.1 cm³/mol. The summed E-state index contributed by atoms with van der Waals surface area (Å²) in [6.07, 6.45) is 8.30. The maximum absolute atomic E-state index is 10.1. The van der Waals surface area contributed by atoms with Gasteiger partial charge in [-0.1, -0.05) is 30.3 Å². The molecule has 1 N–H and O–H groups in total. The second-order valence-corrected chi connectivity index (χ2v) is 4.11. The van der Waals surface area contributed by atoms with Gasteiger partial charge in [-0.25, -0.2) is 4.79 Å². The molecule has 1 heterocycles. The van der Waals surface area contributed by atoms with Gasteiger partial charge in [-0.2, -0.15) is 0 Å². The molecule has 2 aromatic rings. The number of aromatic nitrogens is 2. The number of carboxylic acids is 1. The Bertz CT molecular complexity index is 481. The van der Waals surface area contributed by atoms with Crippen LogP contribution < -0.4 is 0 Å². The number of nitrogens with zero attached hydrogens (tertiary/aromatic N) is 2. The summed E-state index contributed by atoms with van der Waals surface area (Å²) in [7, 11) is 0. The number of rotatable bonds is 3. The normalized spacial score (nSPS) is 9.89. The Hall–Kier alpha value is -1.36. The molecule has 1 aromatic carbocycles. The minimum atomic E-state index is -0.922. The number of aliphatic carboxylic acids is 1. The fourth-order valence-electron chi connectivity index (χ4n) is 1.21. The van der Waals surface area contributed by atoms with Crippen molar-refractivity contribution in [1.29, 1.82) is 0 Å². The molecule has 1 aromatic heterocycles. The third-order valence-electron chi connectivity index (χ3n) is 2.14. The molecule has 2 rings (SSSR count). The van der Waals surface area contributed by atoms with Crippen LogP contribution in [0.1, 0.15) is 5.56 Å². The van der Waals surface area contributed by atoms with Crippen LogP contribution in [0, 0.1) is 0 Å². The summed E-state index contributed by atoms with van der Waals surface area (Å²) >= 11 is 1.21. The van der Waals surface area contributed by atoms with Gasteiger partial charge in [-0.3, -0.25) is 0 Å². The van der Waals surface area contributed by atoms with Gasteiger partial charge in [0.1, 0.15) is 0 Å². The first kappa shape index (κ1) is 14.7. The number of carboxylic acid groups (broad SMARTS) is 1. The number of carbonyl (C=O) groups is 1. The third-order valence-corrected chi connectivity index (χ3v) is 2.87. The van der Waals surface area contributed by atoms with Crippen LogP contribution >= 0.6 is 0 Å². The van der Waals surface area contributed by atoms with E-state index in [1.807, 2.05) is 42.9 Å². The molecule has 0 bridgehead atoms. The summed E-state index contributed by atoms with van der Waals surface area (Å²) in [4.78, 5) is 14.0. The van der Waals surface area contributed by atoms with Crippen LogP contribution in [-0.2, 0) is 8.59 Å². The molecule has 0 amide bonds. The van der Waals surface area contributed by atoms with Gasteiger partial charge in [-0.05, 0) is 11.6 Å². The second-order valence-electron chi connectivity index (χ2n) is 3.48. The average Bonchev–Trinajstić information content (AvgIpc) is 2.91. The van der Waals surface area contributed by atoms with E-state index in [0.29, 0.717) is 0 Å². The zero-order chi connectivity index (χ0) is 13.2. The fourth-order valence-corrected chi connectivity index (χ4v) is 1.58. The summed E-state index contributed by atoms with van der Waals surface area (Å²) in [5, 5.41) is 8.29. The van der Waals surface area contributed by atoms with Gasteiger partial charge in [-0.15, -0.1) is 0 Å². The molecule has 5 heteroatoms. The molecule has 0 saturated heterocycles.